The molecule has 0 fully saturated rings. The van der Waals surface area contributed by atoms with Crippen LogP contribution in [0.5, 0.6) is 0 Å². The molecule has 8 aromatic carbocycles. The number of thiazole rings is 4. The minimum Gasteiger partial charge on any atom is -0.234 e. The summed E-state index contributed by atoms with van der Waals surface area (Å²) >= 11 is 22.2. The van der Waals surface area contributed by atoms with Gasteiger partial charge in [-0.3, -0.25) is 0 Å². The van der Waals surface area contributed by atoms with E-state index in [0.717, 1.165) is 42.1 Å². The number of aryl methyl sites for hydroxylation is 8. The molecule has 0 atom stereocenters. The van der Waals surface area contributed by atoms with Crippen LogP contribution in [0, 0.1) is 55.4 Å². The quantitative estimate of drug-likeness (QED) is 0.149. The molecule has 490 valence electrons. The summed E-state index contributed by atoms with van der Waals surface area (Å²) < 4.78 is 7.88. The maximum atomic E-state index is 5.41. The summed E-state index contributed by atoms with van der Waals surface area (Å²) in [6.45, 7) is 33.6. The lowest BCUT2D eigenvalue weighted by molar-refractivity contribution is 1.49. The van der Waals surface area contributed by atoms with Crippen molar-refractivity contribution in [3.8, 4) is 68.8 Å². The Morgan fingerprint density at radius 1 is 0.204 bits per heavy atom. The van der Waals surface area contributed by atoms with Gasteiger partial charge in [0.2, 0.25) is 0 Å². The number of hydrogen-bond donors (Lipinski definition) is 0. The molecule has 20 aromatic rings. The second-order valence-corrected chi connectivity index (χ2v) is 37.1. The molecule has 12 heterocycles. The maximum absolute atomic E-state index is 5.41. The van der Waals surface area contributed by atoms with Gasteiger partial charge in [0.1, 0.15) is 20.0 Å². The smallest absolute Gasteiger partial charge is 0.134 e. The van der Waals surface area contributed by atoms with E-state index in [1.54, 1.807) is 0 Å². The van der Waals surface area contributed by atoms with Crippen LogP contribution in [0.2, 0.25) is 0 Å². The van der Waals surface area contributed by atoms with E-state index in [-0.39, 0.29) is 0 Å². The highest BCUT2D eigenvalue weighted by molar-refractivity contribution is 7.33. The van der Waals surface area contributed by atoms with E-state index in [1.165, 1.54) is 183 Å². The monoisotopic (exact) mass is 1490 g/mol. The zero-order valence-electron chi connectivity index (χ0n) is 57.4. The van der Waals surface area contributed by atoms with Crippen LogP contribution in [0.3, 0.4) is 0 Å². The normalized spacial score (nSPS) is 11.7. The maximum Gasteiger partial charge on any atom is 0.134 e. The number of hydrogen-bond acceptors (Lipinski definition) is 16. The van der Waals surface area contributed by atoms with E-state index in [0.29, 0.717) is 0 Å². The molecule has 0 N–H and O–H groups in total. The van der Waals surface area contributed by atoms with E-state index < -0.39 is 0 Å². The van der Waals surface area contributed by atoms with Crippen molar-refractivity contribution in [1.82, 2.24) is 19.9 Å². The van der Waals surface area contributed by atoms with Crippen LogP contribution in [-0.4, -0.2) is 19.9 Å². The summed E-state index contributed by atoms with van der Waals surface area (Å²) in [7, 11) is 0. The molecule has 98 heavy (non-hydrogen) atoms. The highest BCUT2D eigenvalue weighted by Gasteiger charge is 2.27. The van der Waals surface area contributed by atoms with Gasteiger partial charge in [-0.2, -0.15) is 0 Å². The highest BCUT2D eigenvalue weighted by Crippen LogP contribution is 2.54. The summed E-state index contributed by atoms with van der Waals surface area (Å²) in [6.07, 6.45) is 0. The second kappa shape index (κ2) is 27.0. The first-order chi connectivity index (χ1) is 47.7. The molecule has 12 aromatic heterocycles. The lowest BCUT2D eigenvalue weighted by Gasteiger charge is -2.14. The first-order valence-corrected chi connectivity index (χ1v) is 43.2. The summed E-state index contributed by atoms with van der Waals surface area (Å²) in [5, 5.41) is 19.9. The molecule has 0 aliphatic heterocycles. The molecule has 0 bridgehead atoms. The van der Waals surface area contributed by atoms with Crippen molar-refractivity contribution in [2.75, 3.05) is 0 Å². The van der Waals surface area contributed by atoms with E-state index in [4.69, 9.17) is 19.9 Å². The molecule has 16 heteroatoms. The predicted octanol–water partition coefficient (Wildman–Crippen LogP) is 31.5. The SMILES string of the molecule is CC.CC.CC.CC.Cc1cc2c3nc(-c4ccc(-c5ccc(C)s5)s4)sc3c3cc(C)cc4c5nc(-c6ccc(-c7ccc(C)s7)s6)sc5c(c1)c2c43.Cc1cc2c3nc(-c4ccc(C)s4)sc3c3cc(C)cc4c5nc(-c6ccc(-c7cc8sc(C)cc8s7)s6)sc5c(c1)c2c43. The molecule has 0 saturated carbocycles. The van der Waals surface area contributed by atoms with Crippen molar-refractivity contribution in [2.45, 2.75) is 111 Å². The first kappa shape index (κ1) is 67.1. The number of aromatic nitrogens is 4. The molecule has 0 amide bonds. The highest BCUT2D eigenvalue weighted by atomic mass is 32.1. The summed E-state index contributed by atoms with van der Waals surface area (Å²) in [4.78, 5) is 39.8. The van der Waals surface area contributed by atoms with Crippen LogP contribution in [0.15, 0.2) is 133 Å². The van der Waals surface area contributed by atoms with E-state index >= 15 is 0 Å². The molecule has 0 radical (unpaired) electrons. The van der Waals surface area contributed by atoms with Gasteiger partial charge in [-0.05, 0) is 211 Å². The van der Waals surface area contributed by atoms with E-state index in [2.05, 4.69) is 189 Å². The average Bonchev–Trinajstić information content (AvgIpc) is 1.51. The van der Waals surface area contributed by atoms with Crippen molar-refractivity contribution < 1.29 is 0 Å². The Bertz CT molecular complexity index is 5920. The van der Waals surface area contributed by atoms with Gasteiger partial charge >= 0.3 is 0 Å². The molecule has 0 spiro atoms. The van der Waals surface area contributed by atoms with Crippen molar-refractivity contribution in [1.29, 1.82) is 0 Å². The average molecular weight is 1500 g/mol. The van der Waals surface area contributed by atoms with Gasteiger partial charge in [-0.1, -0.05) is 55.4 Å². The van der Waals surface area contributed by atoms with Gasteiger partial charge in [0.25, 0.3) is 0 Å². The van der Waals surface area contributed by atoms with Crippen molar-refractivity contribution >= 4 is 251 Å². The minimum atomic E-state index is 1.10. The van der Waals surface area contributed by atoms with Gasteiger partial charge in [0, 0.05) is 123 Å². The van der Waals surface area contributed by atoms with E-state index in [1.807, 2.05) is 191 Å². The molecule has 0 aliphatic carbocycles. The minimum absolute atomic E-state index is 1.10. The third kappa shape index (κ3) is 11.4. The lowest BCUT2D eigenvalue weighted by Crippen LogP contribution is -1.90. The Hall–Kier alpha value is -6.74. The number of nitrogens with zero attached hydrogens (tertiary/aromatic N) is 4. The van der Waals surface area contributed by atoms with Crippen molar-refractivity contribution in [2.24, 2.45) is 0 Å². The Morgan fingerprint density at radius 2 is 0.449 bits per heavy atom. The van der Waals surface area contributed by atoms with Crippen LogP contribution < -0.4 is 0 Å². The van der Waals surface area contributed by atoms with Gasteiger partial charge in [-0.25, -0.2) is 19.9 Å². The van der Waals surface area contributed by atoms with Crippen LogP contribution >= 0.6 is 136 Å². The fourth-order valence-electron chi connectivity index (χ4n) is 13.4. The number of fused-ring (bicyclic) bond motifs is 13. The number of benzene rings is 8. The van der Waals surface area contributed by atoms with Gasteiger partial charge in [-0.15, -0.1) is 136 Å². The summed E-state index contributed by atoms with van der Waals surface area (Å²) in [6, 6.07) is 50.4. The Morgan fingerprint density at radius 3 is 0.745 bits per heavy atom. The fraction of sp³-hybridized carbons (Fsp3) is 0.195. The predicted molar refractivity (Wildman–Crippen MR) is 455 cm³/mol. The number of rotatable bonds is 7. The van der Waals surface area contributed by atoms with Crippen LogP contribution in [0.4, 0.5) is 0 Å². The molecular weight excluding hydrogens is 1430 g/mol. The number of thiophene rings is 8. The fourth-order valence-corrected chi connectivity index (χ4v) is 26.2. The van der Waals surface area contributed by atoms with Crippen molar-refractivity contribution in [3.63, 3.8) is 0 Å². The van der Waals surface area contributed by atoms with Crippen LogP contribution in [-0.2, 0) is 0 Å². The molecular formula is C82H70N4S12. The van der Waals surface area contributed by atoms with Crippen LogP contribution in [0.25, 0.3) is 184 Å². The third-order valence-electron chi connectivity index (χ3n) is 17.1. The summed E-state index contributed by atoms with van der Waals surface area (Å²) in [5.74, 6) is 0. The van der Waals surface area contributed by atoms with Gasteiger partial charge < -0.3 is 0 Å². The zero-order chi connectivity index (χ0) is 68.3. The lowest BCUT2D eigenvalue weighted by atomic mass is 9.90. The Labute approximate surface area is 619 Å². The molecule has 0 aliphatic rings. The largest absolute Gasteiger partial charge is 0.234 e. The third-order valence-corrected chi connectivity index (χ3v) is 31.2. The second-order valence-electron chi connectivity index (χ2n) is 23.6. The summed E-state index contributed by atoms with van der Waals surface area (Å²) in [5.41, 5.74) is 9.52. The van der Waals surface area contributed by atoms with Crippen molar-refractivity contribution in [3.05, 3.63) is 175 Å². The van der Waals surface area contributed by atoms with Gasteiger partial charge in [0.05, 0.1) is 60.4 Å². The molecule has 0 saturated heterocycles. The zero-order valence-corrected chi connectivity index (χ0v) is 67.2. The van der Waals surface area contributed by atoms with Crippen LogP contribution in [0.1, 0.15) is 97.2 Å². The standard InChI is InChI=1S/C38H24N2S6.C36H22N2S6.4C2H6/c1-17-13-21-31-23(15-17)35-34(40-38(45-35)30-12-10-28(44-30)26-8-6-20(4)42-26)22-14-18(2)16-24(32(22)31)36-33(21)39-37(46-36)29-11-9-27(43-29)25-7-5-19(3)41-25;1-15-9-19-29-22(12-15)34-32(38-36(44-34)25-8-7-23(41-25)27-14-28-26(42-27)13-18(4)40-28)20-10-16(2)11-21(30(20)29)33-31(19)37-35(43-33)24-6-5-17(3)39-24;4*1-2/h5-16H,1-4H3;5-14H,1-4H3;4*1-2H3. The van der Waals surface area contributed by atoms with E-state index in [9.17, 15) is 0 Å². The molecule has 0 unspecified atom stereocenters. The Balaban J connectivity index is 0.000000146. The van der Waals surface area contributed by atoms with Gasteiger partial charge in [0.15, 0.2) is 0 Å². The first-order valence-electron chi connectivity index (χ1n) is 33.4. The Kier molecular flexibility index (Phi) is 18.5. The molecule has 20 rings (SSSR count). The molecule has 4 nitrogen and oxygen atoms in total. The topological polar surface area (TPSA) is 51.6 Å².